The van der Waals surface area contributed by atoms with Crippen molar-refractivity contribution in [1.82, 2.24) is 5.32 Å². The molecule has 0 aromatic carbocycles. The van der Waals surface area contributed by atoms with Crippen LogP contribution in [0.1, 0.15) is 40.5 Å². The van der Waals surface area contributed by atoms with E-state index in [1.165, 1.54) is 0 Å². The summed E-state index contributed by atoms with van der Waals surface area (Å²) in [6.07, 6.45) is 1.31. The molecule has 0 rings (SSSR count). The molecule has 0 aromatic heterocycles. The lowest BCUT2D eigenvalue weighted by molar-refractivity contribution is -0.149. The van der Waals surface area contributed by atoms with E-state index in [0.717, 1.165) is 0 Å². The maximum absolute atomic E-state index is 11.2. The first-order valence-corrected chi connectivity index (χ1v) is 6.71. The van der Waals surface area contributed by atoms with Crippen LogP contribution in [0.4, 0.5) is 0 Å². The predicted molar refractivity (Wildman–Crippen MR) is 77.5 cm³/mol. The van der Waals surface area contributed by atoms with E-state index >= 15 is 0 Å². The van der Waals surface area contributed by atoms with Crippen molar-refractivity contribution in [1.29, 1.82) is 0 Å². The lowest BCUT2D eigenvalue weighted by Crippen LogP contribution is -2.34. The molecule has 6 heteroatoms. The fourth-order valence-electron chi connectivity index (χ4n) is 1.38. The number of carboxylic acids is 1. The second-order valence-corrected chi connectivity index (χ2v) is 5.94. The highest BCUT2D eigenvalue weighted by Crippen LogP contribution is 2.22. The van der Waals surface area contributed by atoms with Gasteiger partial charge >= 0.3 is 5.97 Å². The van der Waals surface area contributed by atoms with Gasteiger partial charge in [0.05, 0.1) is 11.0 Å². The van der Waals surface area contributed by atoms with Gasteiger partial charge in [-0.15, -0.1) is 0 Å². The third-order valence-corrected chi connectivity index (χ3v) is 3.06. The van der Waals surface area contributed by atoms with Gasteiger partial charge in [0.1, 0.15) is 0 Å². The molecular weight excluding hydrogens is 274 g/mol. The van der Waals surface area contributed by atoms with E-state index in [9.17, 15) is 14.4 Å². The number of nitrogens with one attached hydrogen (secondary N) is 1. The summed E-state index contributed by atoms with van der Waals surface area (Å²) in [4.78, 5) is 32.1. The van der Waals surface area contributed by atoms with Crippen molar-refractivity contribution in [2.45, 2.75) is 46.1 Å². The number of aliphatic carboxylic acids is 1. The van der Waals surface area contributed by atoms with Crippen molar-refractivity contribution in [2.75, 3.05) is 13.2 Å². The highest BCUT2D eigenvalue weighted by atomic mass is 16.5. The van der Waals surface area contributed by atoms with Gasteiger partial charge in [-0.1, -0.05) is 0 Å². The summed E-state index contributed by atoms with van der Waals surface area (Å²) in [6.45, 7) is 7.72. The lowest BCUT2D eigenvalue weighted by Gasteiger charge is -2.27. The Bertz CT molecular complexity index is 443. The fraction of sp³-hybridized carbons (Fsp3) is 0.667. The minimum absolute atomic E-state index is 0.325. The van der Waals surface area contributed by atoms with Gasteiger partial charge in [-0.3, -0.25) is 14.4 Å². The van der Waals surface area contributed by atoms with Gasteiger partial charge in [0, 0.05) is 19.1 Å². The van der Waals surface area contributed by atoms with E-state index in [1.807, 2.05) is 19.8 Å². The Labute approximate surface area is 125 Å². The molecule has 2 N–H and O–H groups in total. The third kappa shape index (κ3) is 8.82. The second-order valence-electron chi connectivity index (χ2n) is 5.94. The average molecular weight is 297 g/mol. The highest BCUT2D eigenvalue weighted by molar-refractivity contribution is 5.97. The van der Waals surface area contributed by atoms with Gasteiger partial charge < -0.3 is 15.2 Å². The van der Waals surface area contributed by atoms with Crippen molar-refractivity contribution in [3.05, 3.63) is 0 Å². The summed E-state index contributed by atoms with van der Waals surface area (Å²) in [5.41, 5.74) is -1.31. The topological polar surface area (TPSA) is 92.7 Å². The maximum atomic E-state index is 11.2. The average Bonchev–Trinajstić information content (AvgIpc) is 2.35. The Hall–Kier alpha value is -1.87. The predicted octanol–water partition coefficient (Wildman–Crippen LogP) is 0.991. The number of rotatable bonds is 8. The largest absolute Gasteiger partial charge is 0.481 e. The number of ether oxygens (including phenoxy) is 1. The number of aldehydes is 1. The third-order valence-electron chi connectivity index (χ3n) is 3.06. The lowest BCUT2D eigenvalue weighted by atomic mass is 9.90. The van der Waals surface area contributed by atoms with Crippen LogP contribution in [0.5, 0.6) is 0 Å². The molecule has 0 bridgehead atoms. The van der Waals surface area contributed by atoms with Crippen LogP contribution in [0.2, 0.25) is 0 Å². The van der Waals surface area contributed by atoms with Crippen molar-refractivity contribution in [3.8, 4) is 11.8 Å². The Balaban J connectivity index is 4.07. The molecule has 0 aliphatic carbocycles. The van der Waals surface area contributed by atoms with E-state index in [0.29, 0.717) is 32.3 Å². The molecule has 0 aliphatic rings. The van der Waals surface area contributed by atoms with Gasteiger partial charge in [-0.25, -0.2) is 0 Å². The molecule has 0 aromatic rings. The summed E-state index contributed by atoms with van der Waals surface area (Å²) >= 11 is 0. The van der Waals surface area contributed by atoms with Crippen LogP contribution in [0.15, 0.2) is 0 Å². The zero-order valence-corrected chi connectivity index (χ0v) is 13.0. The molecule has 6 nitrogen and oxygen atoms in total. The first-order valence-electron chi connectivity index (χ1n) is 6.71. The highest BCUT2D eigenvalue weighted by Gasteiger charge is 2.28. The maximum Gasteiger partial charge on any atom is 0.309 e. The van der Waals surface area contributed by atoms with Gasteiger partial charge in [0.25, 0.3) is 5.91 Å². The normalized spacial score (nSPS) is 11.2. The summed E-state index contributed by atoms with van der Waals surface area (Å²) in [7, 11) is 0. The SMILES string of the molecule is CC(C)(CCNC(=O)C#CC=O)OCCC(C)(C)C(=O)O. The zero-order chi connectivity index (χ0) is 16.5. The molecule has 0 heterocycles. The molecule has 0 spiro atoms. The van der Waals surface area contributed by atoms with Gasteiger partial charge in [-0.2, -0.15) is 0 Å². The van der Waals surface area contributed by atoms with Gasteiger partial charge in [0.15, 0.2) is 6.29 Å². The Kier molecular flexibility index (Phi) is 7.67. The summed E-state index contributed by atoms with van der Waals surface area (Å²) in [5.74, 6) is 2.78. The van der Waals surface area contributed by atoms with Crippen molar-refractivity contribution in [3.63, 3.8) is 0 Å². The minimum Gasteiger partial charge on any atom is -0.481 e. The number of carbonyl (C=O) groups excluding carboxylic acids is 2. The molecule has 0 fully saturated rings. The Morgan fingerprint density at radius 2 is 1.86 bits per heavy atom. The van der Waals surface area contributed by atoms with E-state index in [2.05, 4.69) is 11.2 Å². The summed E-state index contributed by atoms with van der Waals surface area (Å²) < 4.78 is 5.67. The van der Waals surface area contributed by atoms with E-state index in [4.69, 9.17) is 9.84 Å². The molecule has 0 radical (unpaired) electrons. The Morgan fingerprint density at radius 3 is 2.38 bits per heavy atom. The van der Waals surface area contributed by atoms with Crippen LogP contribution in [0.3, 0.4) is 0 Å². The first-order chi connectivity index (χ1) is 9.60. The van der Waals surface area contributed by atoms with E-state index < -0.39 is 22.9 Å². The molecular formula is C15H23NO5. The van der Waals surface area contributed by atoms with E-state index in [1.54, 1.807) is 13.8 Å². The van der Waals surface area contributed by atoms with Crippen LogP contribution in [0.25, 0.3) is 0 Å². The van der Waals surface area contributed by atoms with Crippen molar-refractivity contribution >= 4 is 18.2 Å². The minimum atomic E-state index is -0.857. The van der Waals surface area contributed by atoms with Crippen molar-refractivity contribution < 1.29 is 24.2 Å². The summed E-state index contributed by atoms with van der Waals surface area (Å²) in [6, 6.07) is 0. The van der Waals surface area contributed by atoms with Crippen LogP contribution in [0, 0.1) is 17.3 Å². The molecule has 1 amide bonds. The van der Waals surface area contributed by atoms with Crippen LogP contribution < -0.4 is 5.32 Å². The zero-order valence-electron chi connectivity index (χ0n) is 13.0. The summed E-state index contributed by atoms with van der Waals surface area (Å²) in [5, 5.41) is 11.6. The van der Waals surface area contributed by atoms with Gasteiger partial charge in [-0.05, 0) is 46.5 Å². The standard InChI is InChI=1S/C15H23NO5/c1-14(2,13(19)20)8-11-21-15(3,4)7-9-16-12(18)6-5-10-17/h10H,7-9,11H2,1-4H3,(H,16,18)(H,19,20). The van der Waals surface area contributed by atoms with Crippen LogP contribution >= 0.6 is 0 Å². The van der Waals surface area contributed by atoms with Crippen molar-refractivity contribution in [2.24, 2.45) is 5.41 Å². The number of amides is 1. The molecule has 118 valence electrons. The molecule has 0 unspecified atom stereocenters. The number of hydrogen-bond donors (Lipinski definition) is 2. The molecule has 0 aliphatic heterocycles. The van der Waals surface area contributed by atoms with E-state index in [-0.39, 0.29) is 0 Å². The molecule has 0 saturated heterocycles. The Morgan fingerprint density at radius 1 is 1.24 bits per heavy atom. The quantitative estimate of drug-likeness (QED) is 0.515. The first kappa shape index (κ1) is 19.1. The molecule has 0 atom stereocenters. The number of carbonyl (C=O) groups is 3. The van der Waals surface area contributed by atoms with Gasteiger partial charge in [0.2, 0.25) is 0 Å². The second kappa shape index (κ2) is 8.42. The van der Waals surface area contributed by atoms with Crippen LogP contribution in [-0.2, 0) is 19.1 Å². The molecule has 21 heavy (non-hydrogen) atoms. The number of carboxylic acid groups (broad SMARTS) is 1. The fourth-order valence-corrected chi connectivity index (χ4v) is 1.38. The molecule has 0 saturated carbocycles. The monoisotopic (exact) mass is 297 g/mol. The smallest absolute Gasteiger partial charge is 0.309 e. The van der Waals surface area contributed by atoms with Crippen LogP contribution in [-0.4, -0.2) is 42.0 Å². The number of hydrogen-bond acceptors (Lipinski definition) is 4.